The number of aryl methyl sites for hydroxylation is 1. The Morgan fingerprint density at radius 3 is 1.74 bits per heavy atom. The van der Waals surface area contributed by atoms with Gasteiger partial charge in [0.2, 0.25) is 0 Å². The Bertz CT molecular complexity index is 590. The highest BCUT2D eigenvalue weighted by atomic mass is 32.2. The Balaban J connectivity index is 2.02. The second-order valence-electron chi connectivity index (χ2n) is 7.59. The zero-order chi connectivity index (χ0) is 20.0. The normalized spacial score (nSPS) is 11.6. The SMILES string of the molecule is CCCCCCCCCCCCCCCS(=O)(=O)Oc1cc(C)cc(O)c1. The molecule has 0 bridgehead atoms. The van der Waals surface area contributed by atoms with Crippen LogP contribution in [0.25, 0.3) is 0 Å². The third kappa shape index (κ3) is 12.7. The molecular weight excluding hydrogens is 360 g/mol. The van der Waals surface area contributed by atoms with Gasteiger partial charge in [-0.2, -0.15) is 8.42 Å². The van der Waals surface area contributed by atoms with Gasteiger partial charge in [0.15, 0.2) is 0 Å². The first-order chi connectivity index (χ1) is 12.9. The predicted molar refractivity (Wildman–Crippen MR) is 113 cm³/mol. The van der Waals surface area contributed by atoms with E-state index in [-0.39, 0.29) is 17.3 Å². The maximum absolute atomic E-state index is 12.0. The molecule has 0 spiro atoms. The van der Waals surface area contributed by atoms with Crippen LogP contribution in [0.5, 0.6) is 11.5 Å². The topological polar surface area (TPSA) is 63.6 Å². The molecule has 0 unspecified atom stereocenters. The molecule has 5 heteroatoms. The van der Waals surface area contributed by atoms with Crippen molar-refractivity contribution < 1.29 is 17.7 Å². The average molecular weight is 399 g/mol. The number of hydrogen-bond acceptors (Lipinski definition) is 4. The van der Waals surface area contributed by atoms with Gasteiger partial charge in [-0.25, -0.2) is 0 Å². The smallest absolute Gasteiger partial charge is 0.309 e. The van der Waals surface area contributed by atoms with E-state index in [0.717, 1.165) is 18.4 Å². The molecule has 0 radical (unpaired) electrons. The quantitative estimate of drug-likeness (QED) is 0.255. The highest BCUT2D eigenvalue weighted by Crippen LogP contribution is 2.23. The van der Waals surface area contributed by atoms with Crippen LogP contribution in [-0.4, -0.2) is 19.3 Å². The van der Waals surface area contributed by atoms with E-state index < -0.39 is 10.1 Å². The van der Waals surface area contributed by atoms with Crippen LogP contribution >= 0.6 is 0 Å². The molecule has 0 aliphatic heterocycles. The van der Waals surface area contributed by atoms with E-state index in [2.05, 4.69) is 6.92 Å². The lowest BCUT2D eigenvalue weighted by Crippen LogP contribution is -2.13. The maximum atomic E-state index is 12.0. The lowest BCUT2D eigenvalue weighted by Gasteiger charge is -2.08. The van der Waals surface area contributed by atoms with Crippen molar-refractivity contribution in [1.82, 2.24) is 0 Å². The Hall–Kier alpha value is -1.23. The average Bonchev–Trinajstić information content (AvgIpc) is 2.57. The van der Waals surface area contributed by atoms with Crippen molar-refractivity contribution in [2.24, 2.45) is 0 Å². The highest BCUT2D eigenvalue weighted by Gasteiger charge is 2.13. The van der Waals surface area contributed by atoms with Crippen molar-refractivity contribution in [2.45, 2.75) is 97.3 Å². The van der Waals surface area contributed by atoms with Crippen molar-refractivity contribution in [3.8, 4) is 11.5 Å². The number of hydrogen-bond donors (Lipinski definition) is 1. The molecule has 156 valence electrons. The van der Waals surface area contributed by atoms with Crippen molar-refractivity contribution in [3.05, 3.63) is 23.8 Å². The summed E-state index contributed by atoms with van der Waals surface area (Å²) in [6.45, 7) is 4.03. The highest BCUT2D eigenvalue weighted by molar-refractivity contribution is 7.87. The zero-order valence-corrected chi connectivity index (χ0v) is 18.0. The molecule has 0 heterocycles. The maximum Gasteiger partial charge on any atom is 0.309 e. The number of phenolic OH excluding ortho intramolecular Hbond substituents is 1. The molecule has 0 aromatic heterocycles. The second-order valence-corrected chi connectivity index (χ2v) is 9.28. The van der Waals surface area contributed by atoms with Crippen LogP contribution < -0.4 is 4.18 Å². The van der Waals surface area contributed by atoms with Gasteiger partial charge >= 0.3 is 10.1 Å². The largest absolute Gasteiger partial charge is 0.508 e. The van der Waals surface area contributed by atoms with Gasteiger partial charge < -0.3 is 9.29 Å². The van der Waals surface area contributed by atoms with Crippen molar-refractivity contribution in [2.75, 3.05) is 5.75 Å². The van der Waals surface area contributed by atoms with Crippen molar-refractivity contribution in [1.29, 1.82) is 0 Å². The summed E-state index contributed by atoms with van der Waals surface area (Å²) in [5.41, 5.74) is 0.765. The summed E-state index contributed by atoms with van der Waals surface area (Å²) in [6, 6.07) is 4.50. The van der Waals surface area contributed by atoms with E-state index in [1.165, 1.54) is 70.3 Å². The molecule has 4 nitrogen and oxygen atoms in total. The predicted octanol–water partition coefficient (Wildman–Crippen LogP) is 6.50. The standard InChI is InChI=1S/C22H38O4S/c1-3-4-5-6-7-8-9-10-11-12-13-14-15-16-27(24,25)26-22-18-20(2)17-21(23)19-22/h17-19,23H,3-16H2,1-2H3. The molecule has 0 saturated carbocycles. The first-order valence-electron chi connectivity index (χ1n) is 10.7. The molecule has 0 amide bonds. The number of aromatic hydroxyl groups is 1. The summed E-state index contributed by atoms with van der Waals surface area (Å²) >= 11 is 0. The lowest BCUT2D eigenvalue weighted by atomic mass is 10.1. The number of unbranched alkanes of at least 4 members (excludes halogenated alkanes) is 12. The summed E-state index contributed by atoms with van der Waals surface area (Å²) in [6.07, 6.45) is 15.8. The van der Waals surface area contributed by atoms with Gasteiger partial charge in [-0.1, -0.05) is 84.0 Å². The molecule has 1 N–H and O–H groups in total. The van der Waals surface area contributed by atoms with Gasteiger partial charge in [-0.15, -0.1) is 0 Å². The fraction of sp³-hybridized carbons (Fsp3) is 0.727. The number of rotatable bonds is 16. The summed E-state index contributed by atoms with van der Waals surface area (Å²) in [4.78, 5) is 0. The Labute approximate surface area is 166 Å². The van der Waals surface area contributed by atoms with Crippen LogP contribution in [-0.2, 0) is 10.1 Å². The van der Waals surface area contributed by atoms with Crippen LogP contribution in [0.2, 0.25) is 0 Å². The first-order valence-corrected chi connectivity index (χ1v) is 12.2. The molecule has 0 aliphatic carbocycles. The van der Waals surface area contributed by atoms with Gasteiger partial charge in [0.25, 0.3) is 0 Å². The number of benzene rings is 1. The lowest BCUT2D eigenvalue weighted by molar-refractivity contribution is 0.461. The second kappa shape index (κ2) is 13.9. The minimum atomic E-state index is -3.59. The van der Waals surface area contributed by atoms with E-state index in [4.69, 9.17) is 4.18 Å². The summed E-state index contributed by atoms with van der Waals surface area (Å²) in [7, 11) is -3.59. The summed E-state index contributed by atoms with van der Waals surface area (Å²) in [5, 5.41) is 9.51. The third-order valence-corrected chi connectivity index (χ3v) is 5.99. The molecule has 27 heavy (non-hydrogen) atoms. The van der Waals surface area contributed by atoms with Gasteiger partial charge in [-0.3, -0.25) is 0 Å². The van der Waals surface area contributed by atoms with E-state index in [0.29, 0.717) is 6.42 Å². The monoisotopic (exact) mass is 398 g/mol. The number of phenols is 1. The zero-order valence-electron chi connectivity index (χ0n) is 17.2. The van der Waals surface area contributed by atoms with Crippen LogP contribution in [0.1, 0.15) is 96.0 Å². The Kier molecular flexibility index (Phi) is 12.2. The molecule has 0 fully saturated rings. The molecular formula is C22H38O4S. The molecule has 1 aromatic carbocycles. The van der Waals surface area contributed by atoms with Gasteiger partial charge in [0, 0.05) is 6.07 Å². The van der Waals surface area contributed by atoms with Crippen molar-refractivity contribution in [3.63, 3.8) is 0 Å². The molecule has 0 aliphatic rings. The van der Waals surface area contributed by atoms with Gasteiger partial charge in [0.1, 0.15) is 11.5 Å². The minimum Gasteiger partial charge on any atom is -0.508 e. The molecule has 0 atom stereocenters. The minimum absolute atomic E-state index is 0.0150. The van der Waals surface area contributed by atoms with Crippen LogP contribution in [0.15, 0.2) is 18.2 Å². The summed E-state index contributed by atoms with van der Waals surface area (Å²) in [5.74, 6) is 0.225. The fourth-order valence-corrected chi connectivity index (χ4v) is 4.29. The molecule has 1 aromatic rings. The van der Waals surface area contributed by atoms with Crippen molar-refractivity contribution >= 4 is 10.1 Å². The van der Waals surface area contributed by atoms with E-state index in [9.17, 15) is 13.5 Å². The Morgan fingerprint density at radius 1 is 0.778 bits per heavy atom. The van der Waals surface area contributed by atoms with Crippen LogP contribution in [0.3, 0.4) is 0 Å². The van der Waals surface area contributed by atoms with Crippen LogP contribution in [0, 0.1) is 6.92 Å². The molecule has 1 rings (SSSR count). The van der Waals surface area contributed by atoms with E-state index >= 15 is 0 Å². The first kappa shape index (κ1) is 23.8. The third-order valence-electron chi connectivity index (χ3n) is 4.76. The van der Waals surface area contributed by atoms with E-state index in [1.807, 2.05) is 0 Å². The van der Waals surface area contributed by atoms with E-state index in [1.54, 1.807) is 19.1 Å². The molecule has 0 saturated heterocycles. The van der Waals surface area contributed by atoms with Crippen LogP contribution in [0.4, 0.5) is 0 Å². The van der Waals surface area contributed by atoms with Gasteiger partial charge in [0.05, 0.1) is 5.75 Å². The fourth-order valence-electron chi connectivity index (χ4n) is 3.26. The van der Waals surface area contributed by atoms with Gasteiger partial charge in [-0.05, 0) is 31.0 Å². The Morgan fingerprint density at radius 2 is 1.26 bits per heavy atom. The summed E-state index contributed by atoms with van der Waals surface area (Å²) < 4.78 is 29.1.